The predicted octanol–water partition coefficient (Wildman–Crippen LogP) is 1.09. The number of amides is 1. The van der Waals surface area contributed by atoms with E-state index >= 15 is 0 Å². The number of hydrogen-bond donors (Lipinski definition) is 0. The standard InChI is InChI=1S/C17H26N4O3S/c1-19(2)25(23,24)21-11-5-8-17(14-21)9-7-16(22)20(13-17)12-15-6-3-4-10-18-15/h3-4,6,10H,5,7-9,11-14H2,1-2H3. The Morgan fingerprint density at radius 1 is 1.24 bits per heavy atom. The first-order chi connectivity index (χ1) is 11.8. The van der Waals surface area contributed by atoms with Crippen molar-refractivity contribution in [2.45, 2.75) is 32.2 Å². The first kappa shape index (κ1) is 18.3. The van der Waals surface area contributed by atoms with Gasteiger partial charge in [-0.05, 0) is 31.4 Å². The smallest absolute Gasteiger partial charge is 0.281 e. The van der Waals surface area contributed by atoms with Crippen LogP contribution in [-0.4, -0.2) is 66.5 Å². The quantitative estimate of drug-likeness (QED) is 0.800. The third-order valence-electron chi connectivity index (χ3n) is 5.24. The van der Waals surface area contributed by atoms with Gasteiger partial charge in [0.25, 0.3) is 10.2 Å². The number of pyridine rings is 1. The molecule has 1 unspecified atom stereocenters. The highest BCUT2D eigenvalue weighted by Gasteiger charge is 2.44. The maximum Gasteiger partial charge on any atom is 0.281 e. The van der Waals surface area contributed by atoms with Crippen LogP contribution in [0.2, 0.25) is 0 Å². The zero-order valence-corrected chi connectivity index (χ0v) is 15.7. The Balaban J connectivity index is 1.76. The van der Waals surface area contributed by atoms with Crippen LogP contribution in [0.25, 0.3) is 0 Å². The van der Waals surface area contributed by atoms with E-state index in [4.69, 9.17) is 0 Å². The van der Waals surface area contributed by atoms with Crippen LogP contribution in [0.3, 0.4) is 0 Å². The van der Waals surface area contributed by atoms with Crippen LogP contribution in [0.4, 0.5) is 0 Å². The van der Waals surface area contributed by atoms with Gasteiger partial charge >= 0.3 is 0 Å². The highest BCUT2D eigenvalue weighted by Crippen LogP contribution is 2.40. The summed E-state index contributed by atoms with van der Waals surface area (Å²) >= 11 is 0. The first-order valence-corrected chi connectivity index (χ1v) is 10.1. The Labute approximate surface area is 149 Å². The summed E-state index contributed by atoms with van der Waals surface area (Å²) in [6.45, 7) is 2.12. The molecule has 0 aliphatic carbocycles. The fourth-order valence-electron chi connectivity index (χ4n) is 3.86. The molecule has 138 valence electrons. The van der Waals surface area contributed by atoms with Crippen molar-refractivity contribution in [2.75, 3.05) is 33.7 Å². The van der Waals surface area contributed by atoms with Gasteiger partial charge in [0.1, 0.15) is 0 Å². The van der Waals surface area contributed by atoms with Crippen molar-refractivity contribution in [1.82, 2.24) is 18.5 Å². The van der Waals surface area contributed by atoms with Crippen molar-refractivity contribution in [1.29, 1.82) is 0 Å². The maximum absolute atomic E-state index is 12.5. The average Bonchev–Trinajstić information content (AvgIpc) is 2.59. The minimum Gasteiger partial charge on any atom is -0.336 e. The molecule has 0 aromatic carbocycles. The summed E-state index contributed by atoms with van der Waals surface area (Å²) in [4.78, 5) is 18.5. The Morgan fingerprint density at radius 3 is 2.72 bits per heavy atom. The predicted molar refractivity (Wildman–Crippen MR) is 94.7 cm³/mol. The van der Waals surface area contributed by atoms with E-state index in [0.29, 0.717) is 32.6 Å². The Bertz CT molecular complexity index is 723. The highest BCUT2D eigenvalue weighted by molar-refractivity contribution is 7.86. The number of rotatable bonds is 4. The molecule has 1 amide bonds. The lowest BCUT2D eigenvalue weighted by atomic mass is 9.74. The zero-order chi connectivity index (χ0) is 18.1. The lowest BCUT2D eigenvalue weighted by Gasteiger charge is -2.48. The molecular weight excluding hydrogens is 340 g/mol. The van der Waals surface area contributed by atoms with Crippen molar-refractivity contribution in [3.05, 3.63) is 30.1 Å². The van der Waals surface area contributed by atoms with E-state index in [0.717, 1.165) is 25.0 Å². The van der Waals surface area contributed by atoms with Crippen molar-refractivity contribution in [3.8, 4) is 0 Å². The van der Waals surface area contributed by atoms with Gasteiger partial charge in [-0.3, -0.25) is 9.78 Å². The van der Waals surface area contributed by atoms with Gasteiger partial charge in [0.15, 0.2) is 0 Å². The normalized spacial score (nSPS) is 25.7. The second kappa shape index (κ2) is 7.01. The number of aromatic nitrogens is 1. The Morgan fingerprint density at radius 2 is 2.04 bits per heavy atom. The van der Waals surface area contributed by atoms with Gasteiger partial charge in [-0.1, -0.05) is 6.07 Å². The van der Waals surface area contributed by atoms with Gasteiger partial charge in [-0.25, -0.2) is 0 Å². The van der Waals surface area contributed by atoms with E-state index in [1.807, 2.05) is 23.1 Å². The molecule has 1 aromatic heterocycles. The molecule has 0 radical (unpaired) electrons. The fourth-order valence-corrected chi connectivity index (χ4v) is 5.12. The second-order valence-corrected chi connectivity index (χ2v) is 9.44. The highest BCUT2D eigenvalue weighted by atomic mass is 32.2. The summed E-state index contributed by atoms with van der Waals surface area (Å²) in [6.07, 6.45) is 4.75. The topological polar surface area (TPSA) is 73.8 Å². The lowest BCUT2D eigenvalue weighted by molar-refractivity contribution is -0.139. The number of likely N-dealkylation sites (tertiary alicyclic amines) is 1. The van der Waals surface area contributed by atoms with E-state index < -0.39 is 10.2 Å². The summed E-state index contributed by atoms with van der Waals surface area (Å²) in [7, 11) is -0.287. The van der Waals surface area contributed by atoms with E-state index in [2.05, 4.69) is 4.98 Å². The van der Waals surface area contributed by atoms with Gasteiger partial charge in [0.05, 0.1) is 12.2 Å². The SMILES string of the molecule is CN(C)S(=O)(=O)N1CCCC2(CCC(=O)N(Cc3ccccn3)C2)C1. The summed E-state index contributed by atoms with van der Waals surface area (Å²) in [5, 5.41) is 0. The molecule has 0 N–H and O–H groups in total. The van der Waals surface area contributed by atoms with Crippen LogP contribution >= 0.6 is 0 Å². The van der Waals surface area contributed by atoms with Crippen molar-refractivity contribution < 1.29 is 13.2 Å². The number of hydrogen-bond acceptors (Lipinski definition) is 4. The molecular formula is C17H26N4O3S. The molecule has 1 aromatic rings. The third-order valence-corrected chi connectivity index (χ3v) is 7.13. The number of nitrogens with zero attached hydrogens (tertiary/aromatic N) is 4. The monoisotopic (exact) mass is 366 g/mol. The number of carbonyl (C=O) groups is 1. The molecule has 2 fully saturated rings. The minimum atomic E-state index is -3.41. The van der Waals surface area contributed by atoms with Crippen LogP contribution < -0.4 is 0 Å². The van der Waals surface area contributed by atoms with E-state index in [1.54, 1.807) is 24.6 Å². The first-order valence-electron chi connectivity index (χ1n) is 8.68. The fraction of sp³-hybridized carbons (Fsp3) is 0.647. The van der Waals surface area contributed by atoms with Crippen molar-refractivity contribution in [2.24, 2.45) is 5.41 Å². The lowest BCUT2D eigenvalue weighted by Crippen LogP contribution is -2.56. The summed E-state index contributed by atoms with van der Waals surface area (Å²) in [5.41, 5.74) is 0.714. The minimum absolute atomic E-state index is 0.129. The van der Waals surface area contributed by atoms with Crippen LogP contribution in [0, 0.1) is 5.41 Å². The molecule has 7 nitrogen and oxygen atoms in total. The molecule has 2 aliphatic heterocycles. The number of piperidine rings is 2. The second-order valence-electron chi connectivity index (χ2n) is 7.30. The van der Waals surface area contributed by atoms with E-state index in [9.17, 15) is 13.2 Å². The Kier molecular flexibility index (Phi) is 5.13. The summed E-state index contributed by atoms with van der Waals surface area (Å²) < 4.78 is 27.9. The molecule has 3 heterocycles. The van der Waals surface area contributed by atoms with Crippen molar-refractivity contribution in [3.63, 3.8) is 0 Å². The molecule has 0 saturated carbocycles. The molecule has 2 saturated heterocycles. The number of carbonyl (C=O) groups excluding carboxylic acids is 1. The molecule has 0 bridgehead atoms. The van der Waals surface area contributed by atoms with Gasteiger partial charge in [-0.2, -0.15) is 17.0 Å². The molecule has 1 spiro atoms. The average molecular weight is 366 g/mol. The zero-order valence-electron chi connectivity index (χ0n) is 14.9. The van der Waals surface area contributed by atoms with Crippen LogP contribution in [0.5, 0.6) is 0 Å². The van der Waals surface area contributed by atoms with Crippen molar-refractivity contribution >= 4 is 16.1 Å². The van der Waals surface area contributed by atoms with Crippen LogP contribution in [-0.2, 0) is 21.5 Å². The molecule has 3 rings (SSSR count). The van der Waals surface area contributed by atoms with Gasteiger partial charge < -0.3 is 4.90 Å². The summed E-state index contributed by atoms with van der Waals surface area (Å²) in [6, 6.07) is 5.69. The van der Waals surface area contributed by atoms with Crippen LogP contribution in [0.1, 0.15) is 31.4 Å². The molecule has 1 atom stereocenters. The van der Waals surface area contributed by atoms with Gasteiger partial charge in [0, 0.05) is 51.8 Å². The van der Waals surface area contributed by atoms with E-state index in [-0.39, 0.29) is 11.3 Å². The molecule has 25 heavy (non-hydrogen) atoms. The maximum atomic E-state index is 12.5. The Hall–Kier alpha value is -1.51. The third kappa shape index (κ3) is 3.86. The largest absolute Gasteiger partial charge is 0.336 e. The summed E-state index contributed by atoms with van der Waals surface area (Å²) in [5.74, 6) is 0.129. The van der Waals surface area contributed by atoms with Gasteiger partial charge in [0.2, 0.25) is 5.91 Å². The van der Waals surface area contributed by atoms with Gasteiger partial charge in [-0.15, -0.1) is 0 Å². The molecule has 8 heteroatoms. The molecule has 2 aliphatic rings. The van der Waals surface area contributed by atoms with E-state index in [1.165, 1.54) is 4.31 Å². The van der Waals surface area contributed by atoms with Crippen LogP contribution in [0.15, 0.2) is 24.4 Å².